The van der Waals surface area contributed by atoms with Crippen LogP contribution < -0.4 is 0 Å². The summed E-state index contributed by atoms with van der Waals surface area (Å²) in [5.41, 5.74) is 2.69. The van der Waals surface area contributed by atoms with E-state index >= 15 is 0 Å². The number of benzene rings is 1. The van der Waals surface area contributed by atoms with E-state index in [1.807, 2.05) is 6.92 Å². The minimum absolute atomic E-state index is 0.0405. The first-order valence-electron chi connectivity index (χ1n) is 12.6. The lowest BCUT2D eigenvalue weighted by Gasteiger charge is -2.21. The number of unbranched alkanes of at least 4 members (excludes halogenated alkanes) is 5. The van der Waals surface area contributed by atoms with Crippen LogP contribution in [0.5, 0.6) is 0 Å². The Bertz CT molecular complexity index is 682. The number of hydrogen-bond acceptors (Lipinski definition) is 6. The molecule has 0 spiro atoms. The number of aliphatic imine (C=N–C) groups is 1. The van der Waals surface area contributed by atoms with E-state index in [4.69, 9.17) is 18.3 Å². The first-order valence-corrected chi connectivity index (χ1v) is 14.1. The lowest BCUT2D eigenvalue weighted by Crippen LogP contribution is -2.19. The fourth-order valence-electron chi connectivity index (χ4n) is 3.50. The molecule has 0 heterocycles. The van der Waals surface area contributed by atoms with Crippen LogP contribution in [0.25, 0.3) is 0 Å². The van der Waals surface area contributed by atoms with Crippen molar-refractivity contribution in [2.75, 3.05) is 33.5 Å². The van der Waals surface area contributed by atoms with Crippen LogP contribution in [0.4, 0.5) is 0 Å². The Balaban J connectivity index is 2.56. The average Bonchev–Trinajstić information content (AvgIpc) is 2.81. The van der Waals surface area contributed by atoms with E-state index < -0.39 is 7.82 Å². The summed E-state index contributed by atoms with van der Waals surface area (Å²) < 4.78 is 34.5. The Kier molecular flexibility index (Phi) is 16.4. The Morgan fingerprint density at radius 3 is 2.00 bits per heavy atom. The molecule has 0 fully saturated rings. The molecule has 190 valence electrons. The van der Waals surface area contributed by atoms with Crippen molar-refractivity contribution in [2.24, 2.45) is 10.9 Å². The molecule has 1 aromatic carbocycles. The van der Waals surface area contributed by atoms with E-state index in [0.29, 0.717) is 12.5 Å². The van der Waals surface area contributed by atoms with Crippen molar-refractivity contribution >= 4 is 13.7 Å². The molecule has 1 rings (SSSR count). The van der Waals surface area contributed by atoms with Gasteiger partial charge in [0.05, 0.1) is 26.4 Å². The van der Waals surface area contributed by atoms with Gasteiger partial charge in [0.2, 0.25) is 0 Å². The molecule has 7 heteroatoms. The largest absolute Gasteiger partial charge is 0.481 e. The molecule has 0 aromatic heterocycles. The summed E-state index contributed by atoms with van der Waals surface area (Å²) in [7, 11) is -1.84. The molecule has 0 aliphatic carbocycles. The smallest absolute Gasteiger partial charge is 0.474 e. The second-order valence-electron chi connectivity index (χ2n) is 8.37. The average molecular weight is 484 g/mol. The molecule has 0 radical (unpaired) electrons. The van der Waals surface area contributed by atoms with Crippen molar-refractivity contribution in [2.45, 2.75) is 85.5 Å². The second kappa shape index (κ2) is 18.2. The molecule has 0 amide bonds. The molecule has 6 nitrogen and oxygen atoms in total. The van der Waals surface area contributed by atoms with E-state index in [9.17, 15) is 4.57 Å². The fraction of sp³-hybridized carbons (Fsp3) is 0.731. The van der Waals surface area contributed by atoms with Gasteiger partial charge in [-0.15, -0.1) is 0 Å². The van der Waals surface area contributed by atoms with Gasteiger partial charge in [-0.3, -0.25) is 18.6 Å². The highest BCUT2D eigenvalue weighted by atomic mass is 31.2. The van der Waals surface area contributed by atoms with Crippen LogP contribution in [-0.2, 0) is 35.7 Å². The Morgan fingerprint density at radius 1 is 0.848 bits per heavy atom. The first-order chi connectivity index (χ1) is 16.0. The summed E-state index contributed by atoms with van der Waals surface area (Å²) in [6.45, 7) is 8.84. The number of nitrogens with zero attached hydrogens (tertiary/aromatic N) is 1. The number of phosphoric acid groups is 1. The number of ether oxygens (including phenoxy) is 1. The zero-order valence-corrected chi connectivity index (χ0v) is 22.4. The quantitative estimate of drug-likeness (QED) is 0.0887. The second-order valence-corrected chi connectivity index (χ2v) is 10.0. The van der Waals surface area contributed by atoms with Crippen LogP contribution in [0.2, 0.25) is 0 Å². The maximum atomic E-state index is 12.7. The van der Waals surface area contributed by atoms with E-state index in [1.54, 1.807) is 20.9 Å². The summed E-state index contributed by atoms with van der Waals surface area (Å²) in [5, 5.41) is 0. The molecule has 33 heavy (non-hydrogen) atoms. The summed E-state index contributed by atoms with van der Waals surface area (Å²) in [4.78, 5) is 4.05. The summed E-state index contributed by atoms with van der Waals surface area (Å²) in [6, 6.07) is 8.93. The van der Waals surface area contributed by atoms with Gasteiger partial charge in [0.15, 0.2) is 5.90 Å². The molecule has 0 unspecified atom stereocenters. The maximum Gasteiger partial charge on any atom is 0.474 e. The standard InChI is InChI=1S/C26H46NO5P/c1-6-9-10-11-12-13-14-24-15-17-25(18-16-24)19-20-26(21-29-23(4)27-5)22-32-33(28,30-7-2)31-8-3/h15-18,26H,6-14,19-22H2,1-5H3/t26-/m0/s1. The van der Waals surface area contributed by atoms with Crippen LogP contribution in [0.15, 0.2) is 29.3 Å². The summed E-state index contributed by atoms with van der Waals surface area (Å²) in [6.07, 6.45) is 10.8. The molecular formula is C26H46NO5P. The highest BCUT2D eigenvalue weighted by Gasteiger charge is 2.27. The summed E-state index contributed by atoms with van der Waals surface area (Å²) in [5.74, 6) is 0.663. The molecule has 0 saturated carbocycles. The van der Waals surface area contributed by atoms with Crippen molar-refractivity contribution < 1.29 is 22.9 Å². The monoisotopic (exact) mass is 483 g/mol. The van der Waals surface area contributed by atoms with Crippen molar-refractivity contribution in [3.8, 4) is 0 Å². The van der Waals surface area contributed by atoms with Crippen LogP contribution in [0.3, 0.4) is 0 Å². The van der Waals surface area contributed by atoms with E-state index in [-0.39, 0.29) is 25.7 Å². The molecular weight excluding hydrogens is 437 g/mol. The van der Waals surface area contributed by atoms with Gasteiger partial charge in [-0.2, -0.15) is 0 Å². The van der Waals surface area contributed by atoms with Gasteiger partial charge >= 0.3 is 7.82 Å². The summed E-state index contributed by atoms with van der Waals surface area (Å²) >= 11 is 0. The van der Waals surface area contributed by atoms with Gasteiger partial charge in [0.25, 0.3) is 0 Å². The maximum absolute atomic E-state index is 12.7. The Labute approximate surface area is 202 Å². The minimum atomic E-state index is -3.54. The zero-order valence-electron chi connectivity index (χ0n) is 21.5. The highest BCUT2D eigenvalue weighted by Crippen LogP contribution is 2.49. The fourth-order valence-corrected chi connectivity index (χ4v) is 4.74. The van der Waals surface area contributed by atoms with Crippen molar-refractivity contribution in [1.29, 1.82) is 0 Å². The third-order valence-corrected chi connectivity index (χ3v) is 7.18. The third kappa shape index (κ3) is 13.9. The molecule has 0 aliphatic rings. The molecule has 0 aliphatic heterocycles. The topological polar surface area (TPSA) is 66.4 Å². The van der Waals surface area contributed by atoms with Gasteiger partial charge in [0.1, 0.15) is 0 Å². The molecule has 1 aromatic rings. The van der Waals surface area contributed by atoms with Crippen molar-refractivity contribution in [1.82, 2.24) is 0 Å². The van der Waals surface area contributed by atoms with Gasteiger partial charge in [0, 0.05) is 19.9 Å². The van der Waals surface area contributed by atoms with E-state index in [0.717, 1.165) is 19.3 Å². The van der Waals surface area contributed by atoms with Gasteiger partial charge in [-0.1, -0.05) is 63.3 Å². The number of phosphoric ester groups is 1. The number of hydrogen-bond donors (Lipinski definition) is 0. The number of rotatable bonds is 19. The molecule has 0 saturated heterocycles. The SMILES string of the molecule is CCCCCCCCc1ccc(CC[C@@H](COC(C)=NC)COP(=O)(OCC)OCC)cc1. The molecule has 0 bridgehead atoms. The first kappa shape index (κ1) is 29.8. The van der Waals surface area contributed by atoms with Crippen LogP contribution >= 0.6 is 7.82 Å². The lowest BCUT2D eigenvalue weighted by atomic mass is 9.98. The minimum Gasteiger partial charge on any atom is -0.481 e. The molecule has 0 N–H and O–H groups in total. The normalized spacial score (nSPS) is 13.3. The third-order valence-electron chi connectivity index (χ3n) is 5.57. The van der Waals surface area contributed by atoms with Crippen LogP contribution in [0.1, 0.15) is 83.8 Å². The predicted molar refractivity (Wildman–Crippen MR) is 137 cm³/mol. The predicted octanol–water partition coefficient (Wildman–Crippen LogP) is 7.40. The van der Waals surface area contributed by atoms with E-state index in [1.165, 1.54) is 49.7 Å². The van der Waals surface area contributed by atoms with Gasteiger partial charge in [-0.25, -0.2) is 4.57 Å². The Morgan fingerprint density at radius 2 is 1.42 bits per heavy atom. The van der Waals surface area contributed by atoms with Crippen molar-refractivity contribution in [3.63, 3.8) is 0 Å². The van der Waals surface area contributed by atoms with Gasteiger partial charge in [-0.05, 0) is 50.7 Å². The van der Waals surface area contributed by atoms with Gasteiger partial charge < -0.3 is 4.74 Å². The zero-order chi connectivity index (χ0) is 24.4. The van der Waals surface area contributed by atoms with Crippen LogP contribution in [-0.4, -0.2) is 39.4 Å². The van der Waals surface area contributed by atoms with E-state index in [2.05, 4.69) is 36.2 Å². The lowest BCUT2D eigenvalue weighted by molar-refractivity contribution is 0.0907. The molecule has 1 atom stereocenters. The van der Waals surface area contributed by atoms with Crippen molar-refractivity contribution in [3.05, 3.63) is 35.4 Å². The number of aryl methyl sites for hydroxylation is 2. The van der Waals surface area contributed by atoms with Crippen LogP contribution in [0, 0.1) is 5.92 Å². The highest BCUT2D eigenvalue weighted by molar-refractivity contribution is 7.48. The Hall–Kier alpha value is -1.20.